The molecule has 0 saturated carbocycles. The number of esters is 1. The van der Waals surface area contributed by atoms with Crippen LogP contribution in [-0.4, -0.2) is 54.9 Å². The minimum Gasteiger partial charge on any atom is -0.457 e. The van der Waals surface area contributed by atoms with Crippen LogP contribution >= 0.6 is 0 Å². The maximum Gasteiger partial charge on any atom is 0.309 e. The average molecular weight is 483 g/mol. The number of aromatic nitrogens is 1. The van der Waals surface area contributed by atoms with Crippen molar-refractivity contribution in [3.8, 4) is 0 Å². The molecule has 0 amide bonds. The van der Waals surface area contributed by atoms with Crippen LogP contribution in [0.3, 0.4) is 0 Å². The number of aromatic amines is 1. The lowest BCUT2D eigenvalue weighted by atomic mass is 9.98. The van der Waals surface area contributed by atoms with Crippen molar-refractivity contribution in [3.05, 3.63) is 52.3 Å². The third-order valence-electron chi connectivity index (χ3n) is 5.71. The predicted octanol–water partition coefficient (Wildman–Crippen LogP) is 2.94. The largest absolute Gasteiger partial charge is 0.457 e. The summed E-state index contributed by atoms with van der Waals surface area (Å²) in [5.41, 5.74) is 1.67. The number of nitrogens with zero attached hydrogens (tertiary/aromatic N) is 1. The average Bonchev–Trinajstić information content (AvgIpc) is 3.07. The molecule has 0 aliphatic carbocycles. The number of hydrogen-bond donors (Lipinski definition) is 1. The summed E-state index contributed by atoms with van der Waals surface area (Å²) in [6.45, 7) is 4.01. The number of rotatable bonds is 7. The molecule has 178 valence electrons. The fraction of sp³-hybridized carbons (Fsp3) is 0.409. The molecule has 0 radical (unpaired) electrons. The Morgan fingerprint density at radius 2 is 1.79 bits per heavy atom. The Bertz CT molecular complexity index is 1210. The highest BCUT2D eigenvalue weighted by atomic mass is 32.2. The smallest absolute Gasteiger partial charge is 0.309 e. The molecule has 1 fully saturated rings. The van der Waals surface area contributed by atoms with Crippen LogP contribution in [0.1, 0.15) is 51.9 Å². The van der Waals surface area contributed by atoms with Gasteiger partial charge in [-0.25, -0.2) is 17.2 Å². The van der Waals surface area contributed by atoms with Gasteiger partial charge in [0.25, 0.3) is 0 Å². The Labute approximate surface area is 190 Å². The number of Topliss-reactive ketones (excluding diaryl/α,β-unsaturated/α-hetero) is 2. The molecule has 1 aromatic carbocycles. The molecule has 1 aliphatic rings. The summed E-state index contributed by atoms with van der Waals surface area (Å²) in [6, 6.07) is 2.20. The molecule has 0 unspecified atom stereocenters. The van der Waals surface area contributed by atoms with Crippen molar-refractivity contribution in [1.29, 1.82) is 0 Å². The number of halogens is 2. The summed E-state index contributed by atoms with van der Waals surface area (Å²) >= 11 is 0. The number of benzene rings is 1. The van der Waals surface area contributed by atoms with Gasteiger partial charge >= 0.3 is 5.97 Å². The van der Waals surface area contributed by atoms with Crippen LogP contribution in [0.15, 0.2) is 23.1 Å². The highest BCUT2D eigenvalue weighted by molar-refractivity contribution is 7.89. The highest BCUT2D eigenvalue weighted by Crippen LogP contribution is 2.27. The SMILES string of the molecule is CC(=O)c1c(C)[nH]c(C(=O)COC(=O)C2CCN(S(=O)(=O)c3cc(F)ccc3F)CC2)c1C. The standard InChI is InChI=1S/C22H24F2N2O6S/c1-12-20(14(3)27)13(2)25-21(12)18(28)11-32-22(29)15-6-8-26(9-7-15)33(30,31)19-10-16(23)4-5-17(19)24/h4-5,10,15,25H,6-9,11H2,1-3H3. The molecule has 0 atom stereocenters. The van der Waals surface area contributed by atoms with E-state index >= 15 is 0 Å². The van der Waals surface area contributed by atoms with Gasteiger partial charge < -0.3 is 9.72 Å². The first-order valence-electron chi connectivity index (χ1n) is 10.3. The van der Waals surface area contributed by atoms with Crippen molar-refractivity contribution in [1.82, 2.24) is 9.29 Å². The normalized spacial score (nSPS) is 15.4. The number of hydrogen-bond acceptors (Lipinski definition) is 6. The monoisotopic (exact) mass is 482 g/mol. The number of piperidine rings is 1. The Morgan fingerprint density at radius 1 is 1.15 bits per heavy atom. The minimum atomic E-state index is -4.26. The number of ketones is 2. The zero-order valence-corrected chi connectivity index (χ0v) is 19.2. The van der Waals surface area contributed by atoms with E-state index in [0.717, 1.165) is 16.4 Å². The van der Waals surface area contributed by atoms with Crippen molar-refractivity contribution in [2.45, 2.75) is 38.5 Å². The van der Waals surface area contributed by atoms with Crippen LogP contribution in [0.5, 0.6) is 0 Å². The van der Waals surface area contributed by atoms with Crippen molar-refractivity contribution in [2.24, 2.45) is 5.92 Å². The van der Waals surface area contributed by atoms with Gasteiger partial charge in [-0.1, -0.05) is 0 Å². The number of nitrogens with one attached hydrogen (secondary N) is 1. The van der Waals surface area contributed by atoms with Gasteiger partial charge in [-0.15, -0.1) is 0 Å². The summed E-state index contributed by atoms with van der Waals surface area (Å²) in [4.78, 5) is 38.7. The molecule has 2 aromatic rings. The second-order valence-corrected chi connectivity index (χ2v) is 9.87. The van der Waals surface area contributed by atoms with E-state index in [1.54, 1.807) is 13.8 Å². The van der Waals surface area contributed by atoms with Gasteiger partial charge in [-0.05, 0) is 57.4 Å². The maximum absolute atomic E-state index is 13.9. The number of sulfonamides is 1. The fourth-order valence-electron chi connectivity index (χ4n) is 4.03. The van der Waals surface area contributed by atoms with E-state index in [1.165, 1.54) is 6.92 Å². The summed E-state index contributed by atoms with van der Waals surface area (Å²) in [7, 11) is -4.26. The zero-order valence-electron chi connectivity index (χ0n) is 18.4. The molecule has 0 bridgehead atoms. The Kier molecular flexibility index (Phi) is 7.13. The van der Waals surface area contributed by atoms with Crippen molar-refractivity contribution in [2.75, 3.05) is 19.7 Å². The highest BCUT2D eigenvalue weighted by Gasteiger charge is 2.34. The lowest BCUT2D eigenvalue weighted by Crippen LogP contribution is -2.41. The second-order valence-electron chi connectivity index (χ2n) is 7.97. The predicted molar refractivity (Wildman–Crippen MR) is 113 cm³/mol. The van der Waals surface area contributed by atoms with E-state index in [9.17, 15) is 31.6 Å². The van der Waals surface area contributed by atoms with E-state index < -0.39 is 50.8 Å². The molecule has 1 N–H and O–H groups in total. The Hall–Kier alpha value is -2.92. The second kappa shape index (κ2) is 9.52. The first-order chi connectivity index (χ1) is 15.4. The van der Waals surface area contributed by atoms with Crippen LogP contribution in [0.2, 0.25) is 0 Å². The zero-order chi connectivity index (χ0) is 24.5. The summed E-state index contributed by atoms with van der Waals surface area (Å²) < 4.78 is 58.8. The first-order valence-corrected chi connectivity index (χ1v) is 11.7. The lowest BCUT2D eigenvalue weighted by molar-refractivity contribution is -0.148. The molecule has 1 saturated heterocycles. The molecular weight excluding hydrogens is 458 g/mol. The topological polar surface area (TPSA) is 114 Å². The summed E-state index contributed by atoms with van der Waals surface area (Å²) in [5, 5.41) is 0. The minimum absolute atomic E-state index is 0.0805. The molecule has 2 heterocycles. The van der Waals surface area contributed by atoms with Gasteiger partial charge in [0, 0.05) is 24.3 Å². The van der Waals surface area contributed by atoms with E-state index in [0.29, 0.717) is 22.9 Å². The number of carbonyl (C=O) groups excluding carboxylic acids is 3. The summed E-state index contributed by atoms with van der Waals surface area (Å²) in [6.07, 6.45) is 0.219. The molecule has 11 heteroatoms. The number of carbonyl (C=O) groups is 3. The first kappa shape index (κ1) is 24.7. The molecule has 8 nitrogen and oxygen atoms in total. The fourth-order valence-corrected chi connectivity index (χ4v) is 5.58. The number of aryl methyl sites for hydroxylation is 1. The number of ether oxygens (including phenoxy) is 1. The Morgan fingerprint density at radius 3 is 2.36 bits per heavy atom. The van der Waals surface area contributed by atoms with Crippen LogP contribution in [0, 0.1) is 31.4 Å². The number of H-pyrrole nitrogens is 1. The molecule has 3 rings (SSSR count). The van der Waals surface area contributed by atoms with Crippen LogP contribution < -0.4 is 0 Å². The third kappa shape index (κ3) is 5.03. The van der Waals surface area contributed by atoms with Gasteiger partial charge in [0.1, 0.15) is 16.5 Å². The Balaban J connectivity index is 1.59. The van der Waals surface area contributed by atoms with Crippen molar-refractivity contribution in [3.63, 3.8) is 0 Å². The molecular formula is C22H24F2N2O6S. The van der Waals surface area contributed by atoms with E-state index in [4.69, 9.17) is 4.74 Å². The van der Waals surface area contributed by atoms with Gasteiger partial charge in [0.2, 0.25) is 15.8 Å². The quantitative estimate of drug-likeness (QED) is 0.480. The van der Waals surface area contributed by atoms with Crippen LogP contribution in [-0.2, 0) is 19.6 Å². The maximum atomic E-state index is 13.9. The van der Waals surface area contributed by atoms with E-state index in [1.807, 2.05) is 0 Å². The van der Waals surface area contributed by atoms with Crippen molar-refractivity contribution < 1.29 is 36.3 Å². The summed E-state index contributed by atoms with van der Waals surface area (Å²) in [5.74, 6) is -3.89. The van der Waals surface area contributed by atoms with Crippen molar-refractivity contribution >= 4 is 27.6 Å². The van der Waals surface area contributed by atoms with E-state index in [2.05, 4.69) is 4.98 Å². The van der Waals surface area contributed by atoms with Crippen LogP contribution in [0.25, 0.3) is 0 Å². The third-order valence-corrected chi connectivity index (χ3v) is 7.63. The molecule has 1 aliphatic heterocycles. The van der Waals surface area contributed by atoms with E-state index in [-0.39, 0.29) is 37.4 Å². The lowest BCUT2D eigenvalue weighted by Gasteiger charge is -2.30. The molecule has 33 heavy (non-hydrogen) atoms. The molecule has 0 spiro atoms. The van der Waals surface area contributed by atoms with Gasteiger partial charge in [0.05, 0.1) is 11.6 Å². The van der Waals surface area contributed by atoms with Gasteiger partial charge in [0.15, 0.2) is 12.4 Å². The van der Waals surface area contributed by atoms with Gasteiger partial charge in [-0.3, -0.25) is 14.4 Å². The van der Waals surface area contributed by atoms with Gasteiger partial charge in [-0.2, -0.15) is 4.31 Å². The molecule has 1 aromatic heterocycles. The van der Waals surface area contributed by atoms with Crippen LogP contribution in [0.4, 0.5) is 8.78 Å².